The molecule has 0 bridgehead atoms. The second kappa shape index (κ2) is 11.7. The summed E-state index contributed by atoms with van der Waals surface area (Å²) in [6.07, 6.45) is 2.04. The Balaban J connectivity index is 1.24. The molecule has 0 saturated heterocycles. The summed E-state index contributed by atoms with van der Waals surface area (Å²) in [5.41, 5.74) is 0.361. The molecule has 0 aliphatic heterocycles. The van der Waals surface area contributed by atoms with Gasteiger partial charge < -0.3 is 25.2 Å². The zero-order valence-corrected chi connectivity index (χ0v) is 20.5. The third kappa shape index (κ3) is 6.55. The Labute approximate surface area is 213 Å². The summed E-state index contributed by atoms with van der Waals surface area (Å²) in [7, 11) is 1.60. The third-order valence-corrected chi connectivity index (χ3v) is 6.52. The van der Waals surface area contributed by atoms with Gasteiger partial charge in [-0.05, 0) is 72.9 Å². The molecular weight excluding hydrogens is 479 g/mol. The van der Waals surface area contributed by atoms with E-state index in [1.165, 1.54) is 12.1 Å². The molecule has 2 amide bonds. The number of hydrogen-bond donors (Lipinski definition) is 3. The SMILES string of the molecule is COc1ccc2cc(C(=O)NCCNC(=O)c3ccc(O[C@H]4CC[C@@H](C(=O)O)CC4)cc3F)ccc2c1. The van der Waals surface area contributed by atoms with Crippen LogP contribution in [-0.4, -0.2) is 49.2 Å². The molecule has 1 aliphatic carbocycles. The van der Waals surface area contributed by atoms with Crippen molar-refractivity contribution in [2.24, 2.45) is 5.92 Å². The number of ether oxygens (including phenoxy) is 2. The number of hydrogen-bond acceptors (Lipinski definition) is 5. The predicted molar refractivity (Wildman–Crippen MR) is 136 cm³/mol. The zero-order chi connectivity index (χ0) is 26.4. The monoisotopic (exact) mass is 508 g/mol. The van der Waals surface area contributed by atoms with Crippen LogP contribution in [0.15, 0.2) is 54.6 Å². The number of carboxylic acids is 1. The van der Waals surface area contributed by atoms with Gasteiger partial charge in [-0.15, -0.1) is 0 Å². The number of carbonyl (C=O) groups is 3. The van der Waals surface area contributed by atoms with Gasteiger partial charge in [0.05, 0.1) is 24.7 Å². The van der Waals surface area contributed by atoms with E-state index in [-0.39, 0.29) is 36.6 Å². The van der Waals surface area contributed by atoms with Crippen molar-refractivity contribution in [1.82, 2.24) is 10.6 Å². The van der Waals surface area contributed by atoms with Gasteiger partial charge in [-0.3, -0.25) is 14.4 Å². The van der Waals surface area contributed by atoms with Crippen molar-refractivity contribution in [3.8, 4) is 11.5 Å². The molecule has 0 radical (unpaired) electrons. The van der Waals surface area contributed by atoms with Crippen molar-refractivity contribution >= 4 is 28.6 Å². The number of halogens is 1. The Hall–Kier alpha value is -4.14. The van der Waals surface area contributed by atoms with Gasteiger partial charge >= 0.3 is 5.97 Å². The lowest BCUT2D eigenvalue weighted by Gasteiger charge is -2.26. The average Bonchev–Trinajstić information content (AvgIpc) is 2.90. The highest BCUT2D eigenvalue weighted by Gasteiger charge is 2.27. The summed E-state index contributed by atoms with van der Waals surface area (Å²) < 4.78 is 25.6. The van der Waals surface area contributed by atoms with E-state index in [1.54, 1.807) is 19.2 Å². The number of fused-ring (bicyclic) bond motifs is 1. The van der Waals surface area contributed by atoms with Gasteiger partial charge in [0.2, 0.25) is 0 Å². The van der Waals surface area contributed by atoms with E-state index in [4.69, 9.17) is 14.6 Å². The Morgan fingerprint density at radius 3 is 2.19 bits per heavy atom. The largest absolute Gasteiger partial charge is 0.497 e. The molecule has 0 atom stereocenters. The number of methoxy groups -OCH3 is 1. The maximum atomic E-state index is 14.6. The molecule has 4 rings (SSSR count). The van der Waals surface area contributed by atoms with Crippen molar-refractivity contribution in [2.45, 2.75) is 31.8 Å². The first kappa shape index (κ1) is 25.9. The van der Waals surface area contributed by atoms with Crippen molar-refractivity contribution in [3.05, 3.63) is 71.5 Å². The summed E-state index contributed by atoms with van der Waals surface area (Å²) >= 11 is 0. The molecule has 1 fully saturated rings. The van der Waals surface area contributed by atoms with Crippen LogP contribution in [0.25, 0.3) is 10.8 Å². The quantitative estimate of drug-likeness (QED) is 0.374. The highest BCUT2D eigenvalue weighted by molar-refractivity contribution is 5.99. The molecule has 0 aromatic heterocycles. The maximum Gasteiger partial charge on any atom is 0.306 e. The van der Waals surface area contributed by atoms with Crippen LogP contribution in [0, 0.1) is 11.7 Å². The number of amides is 2. The molecular formula is C28H29FN2O6. The summed E-state index contributed by atoms with van der Waals surface area (Å²) in [5.74, 6) is -1.71. The fourth-order valence-electron chi connectivity index (χ4n) is 4.41. The Morgan fingerprint density at radius 1 is 0.865 bits per heavy atom. The van der Waals surface area contributed by atoms with Gasteiger partial charge in [-0.25, -0.2) is 4.39 Å². The van der Waals surface area contributed by atoms with E-state index in [2.05, 4.69) is 10.6 Å². The highest BCUT2D eigenvalue weighted by Crippen LogP contribution is 2.28. The standard InChI is InChI=1S/C28H29FN2O6/c1-36-22-9-6-18-14-20(3-2-19(18)15-22)26(32)30-12-13-31-27(33)24-11-10-23(16-25(24)29)37-21-7-4-17(5-8-21)28(34)35/h2-3,6,9-11,14-17,21H,4-5,7-8,12-13H2,1H3,(H,30,32)(H,31,33)(H,34,35)/t17-,21+. The summed E-state index contributed by atoms with van der Waals surface area (Å²) in [4.78, 5) is 36.0. The smallest absolute Gasteiger partial charge is 0.306 e. The fourth-order valence-corrected chi connectivity index (χ4v) is 4.41. The van der Waals surface area contributed by atoms with Crippen LogP contribution in [0.5, 0.6) is 11.5 Å². The van der Waals surface area contributed by atoms with Crippen LogP contribution in [0.4, 0.5) is 4.39 Å². The topological polar surface area (TPSA) is 114 Å². The minimum Gasteiger partial charge on any atom is -0.497 e. The van der Waals surface area contributed by atoms with Crippen LogP contribution in [0.1, 0.15) is 46.4 Å². The van der Waals surface area contributed by atoms with E-state index in [9.17, 15) is 18.8 Å². The first-order valence-electron chi connectivity index (χ1n) is 12.2. The summed E-state index contributed by atoms with van der Waals surface area (Å²) in [6, 6.07) is 15.0. The minimum absolute atomic E-state index is 0.125. The van der Waals surface area contributed by atoms with E-state index >= 15 is 0 Å². The Kier molecular flexibility index (Phi) is 8.22. The van der Waals surface area contributed by atoms with Gasteiger partial charge in [-0.1, -0.05) is 12.1 Å². The highest BCUT2D eigenvalue weighted by atomic mass is 19.1. The van der Waals surface area contributed by atoms with Gasteiger partial charge in [0.25, 0.3) is 11.8 Å². The Morgan fingerprint density at radius 2 is 1.51 bits per heavy atom. The first-order chi connectivity index (χ1) is 17.8. The van der Waals surface area contributed by atoms with Crippen molar-refractivity contribution < 1.29 is 33.4 Å². The van der Waals surface area contributed by atoms with Gasteiger partial charge in [0, 0.05) is 24.7 Å². The number of aliphatic carboxylic acids is 1. The molecule has 0 unspecified atom stereocenters. The van der Waals surface area contributed by atoms with Crippen LogP contribution in [0.3, 0.4) is 0 Å². The maximum absolute atomic E-state index is 14.6. The van der Waals surface area contributed by atoms with Gasteiger partial charge in [0.15, 0.2) is 0 Å². The van der Waals surface area contributed by atoms with Crippen LogP contribution in [0.2, 0.25) is 0 Å². The Bertz CT molecular complexity index is 1300. The van der Waals surface area contributed by atoms with E-state index < -0.39 is 17.7 Å². The van der Waals surface area contributed by atoms with Gasteiger partial charge in [-0.2, -0.15) is 0 Å². The second-order valence-corrected chi connectivity index (χ2v) is 9.01. The van der Waals surface area contributed by atoms with Crippen molar-refractivity contribution in [2.75, 3.05) is 20.2 Å². The number of carbonyl (C=O) groups excluding carboxylic acids is 2. The lowest BCUT2D eigenvalue weighted by molar-refractivity contribution is -0.143. The predicted octanol–water partition coefficient (Wildman–Crippen LogP) is 4.17. The summed E-state index contributed by atoms with van der Waals surface area (Å²) in [6.45, 7) is 0.299. The van der Waals surface area contributed by atoms with Crippen LogP contribution >= 0.6 is 0 Å². The lowest BCUT2D eigenvalue weighted by Crippen LogP contribution is -2.35. The van der Waals surface area contributed by atoms with Gasteiger partial charge in [0.1, 0.15) is 17.3 Å². The van der Waals surface area contributed by atoms with Crippen LogP contribution < -0.4 is 20.1 Å². The summed E-state index contributed by atoms with van der Waals surface area (Å²) in [5, 5.41) is 16.3. The number of rotatable bonds is 9. The van der Waals surface area contributed by atoms with Crippen LogP contribution in [-0.2, 0) is 4.79 Å². The molecule has 194 valence electrons. The first-order valence-corrected chi connectivity index (χ1v) is 12.2. The molecule has 3 N–H and O–H groups in total. The molecule has 1 aliphatic rings. The minimum atomic E-state index is -0.797. The van der Waals surface area contributed by atoms with Crippen molar-refractivity contribution in [1.29, 1.82) is 0 Å². The van der Waals surface area contributed by atoms with Crippen molar-refractivity contribution in [3.63, 3.8) is 0 Å². The number of carboxylic acid groups (broad SMARTS) is 1. The molecule has 9 heteroatoms. The lowest BCUT2D eigenvalue weighted by atomic mass is 9.87. The third-order valence-electron chi connectivity index (χ3n) is 6.52. The molecule has 3 aromatic carbocycles. The molecule has 0 heterocycles. The van der Waals surface area contributed by atoms with E-state index in [0.29, 0.717) is 37.0 Å². The van der Waals surface area contributed by atoms with E-state index in [1.807, 2.05) is 24.3 Å². The molecule has 1 saturated carbocycles. The normalized spacial score (nSPS) is 17.1. The second-order valence-electron chi connectivity index (χ2n) is 9.01. The molecule has 3 aromatic rings. The van der Waals surface area contributed by atoms with E-state index in [0.717, 1.165) is 22.6 Å². The molecule has 8 nitrogen and oxygen atoms in total. The average molecular weight is 509 g/mol. The number of benzene rings is 3. The number of nitrogens with one attached hydrogen (secondary N) is 2. The molecule has 0 spiro atoms. The molecule has 37 heavy (non-hydrogen) atoms. The fraction of sp³-hybridized carbons (Fsp3) is 0.321. The zero-order valence-electron chi connectivity index (χ0n) is 20.5.